The molecule has 0 saturated carbocycles. The van der Waals surface area contributed by atoms with Crippen molar-refractivity contribution in [3.05, 3.63) is 12.2 Å². The van der Waals surface area contributed by atoms with E-state index in [0.29, 0.717) is 6.04 Å². The van der Waals surface area contributed by atoms with Crippen LogP contribution in [0.15, 0.2) is 12.2 Å². The highest BCUT2D eigenvalue weighted by Crippen LogP contribution is 2.10. The molecule has 0 amide bonds. The van der Waals surface area contributed by atoms with Gasteiger partial charge in [0.05, 0.1) is 0 Å². The van der Waals surface area contributed by atoms with E-state index in [-0.39, 0.29) is 0 Å². The van der Waals surface area contributed by atoms with Crippen LogP contribution in [0, 0.1) is 5.92 Å². The SMILES string of the molecule is C=C(CNC(C)C)CN(CC)CC(CC)CC. The summed E-state index contributed by atoms with van der Waals surface area (Å²) in [5.74, 6) is 0.834. The van der Waals surface area contributed by atoms with Crippen LogP contribution >= 0.6 is 0 Å². The van der Waals surface area contributed by atoms with Gasteiger partial charge < -0.3 is 5.32 Å². The number of hydrogen-bond donors (Lipinski definition) is 1. The average Bonchev–Trinajstić information content (AvgIpc) is 2.31. The van der Waals surface area contributed by atoms with Gasteiger partial charge in [-0.1, -0.05) is 54.0 Å². The lowest BCUT2D eigenvalue weighted by molar-refractivity contribution is 0.249. The van der Waals surface area contributed by atoms with E-state index in [4.69, 9.17) is 0 Å². The predicted octanol–water partition coefficient (Wildman–Crippen LogP) is 3.30. The summed E-state index contributed by atoms with van der Waals surface area (Å²) in [7, 11) is 0. The summed E-state index contributed by atoms with van der Waals surface area (Å²) in [6, 6.07) is 0.542. The van der Waals surface area contributed by atoms with Crippen molar-refractivity contribution < 1.29 is 0 Å². The topological polar surface area (TPSA) is 15.3 Å². The minimum Gasteiger partial charge on any atom is -0.311 e. The molecule has 0 aliphatic rings. The molecule has 0 atom stereocenters. The molecule has 17 heavy (non-hydrogen) atoms. The Balaban J connectivity index is 3.98. The minimum absolute atomic E-state index is 0.542. The maximum Gasteiger partial charge on any atom is 0.0202 e. The molecule has 1 N–H and O–H groups in total. The molecule has 0 bridgehead atoms. The maximum absolute atomic E-state index is 4.17. The van der Waals surface area contributed by atoms with Crippen LogP contribution in [-0.4, -0.2) is 37.1 Å². The van der Waals surface area contributed by atoms with Crippen LogP contribution < -0.4 is 5.32 Å². The molecule has 0 aliphatic heterocycles. The molecular weight excluding hydrogens is 208 g/mol. The molecule has 0 unspecified atom stereocenters. The fraction of sp³-hybridized carbons (Fsp3) is 0.867. The minimum atomic E-state index is 0.542. The lowest BCUT2D eigenvalue weighted by Crippen LogP contribution is -2.34. The standard InChI is InChI=1S/C15H32N2/c1-7-15(8-2)12-17(9-3)11-14(6)10-16-13(4)5/h13,15-16H,6-12H2,1-5H3. The van der Waals surface area contributed by atoms with E-state index < -0.39 is 0 Å². The number of rotatable bonds is 10. The van der Waals surface area contributed by atoms with E-state index >= 15 is 0 Å². The highest BCUT2D eigenvalue weighted by molar-refractivity contribution is 5.00. The van der Waals surface area contributed by atoms with E-state index in [2.05, 4.69) is 51.4 Å². The quantitative estimate of drug-likeness (QED) is 0.589. The largest absolute Gasteiger partial charge is 0.311 e. The molecule has 0 heterocycles. The monoisotopic (exact) mass is 240 g/mol. The van der Waals surface area contributed by atoms with Crippen LogP contribution in [0.5, 0.6) is 0 Å². The van der Waals surface area contributed by atoms with Crippen LogP contribution in [-0.2, 0) is 0 Å². The third-order valence-corrected chi connectivity index (χ3v) is 3.33. The van der Waals surface area contributed by atoms with Crippen LogP contribution in [0.3, 0.4) is 0 Å². The van der Waals surface area contributed by atoms with Crippen molar-refractivity contribution in [3.8, 4) is 0 Å². The van der Waals surface area contributed by atoms with E-state index in [1.54, 1.807) is 0 Å². The molecule has 0 saturated heterocycles. The van der Waals surface area contributed by atoms with Crippen molar-refractivity contribution in [2.45, 2.75) is 53.5 Å². The summed E-state index contributed by atoms with van der Waals surface area (Å²) < 4.78 is 0. The highest BCUT2D eigenvalue weighted by Gasteiger charge is 2.10. The average molecular weight is 240 g/mol. The Morgan fingerprint density at radius 2 is 1.76 bits per heavy atom. The molecule has 0 aromatic carbocycles. The lowest BCUT2D eigenvalue weighted by Gasteiger charge is -2.26. The van der Waals surface area contributed by atoms with Crippen molar-refractivity contribution in [2.75, 3.05) is 26.2 Å². The Labute approximate surface area is 108 Å². The van der Waals surface area contributed by atoms with Gasteiger partial charge in [0.2, 0.25) is 0 Å². The summed E-state index contributed by atoms with van der Waals surface area (Å²) in [5.41, 5.74) is 1.30. The van der Waals surface area contributed by atoms with E-state index in [0.717, 1.165) is 25.6 Å². The van der Waals surface area contributed by atoms with Crippen molar-refractivity contribution in [1.29, 1.82) is 0 Å². The Morgan fingerprint density at radius 3 is 2.18 bits per heavy atom. The molecule has 0 aliphatic carbocycles. The van der Waals surface area contributed by atoms with Gasteiger partial charge in [0, 0.05) is 25.7 Å². The summed E-state index contributed by atoms with van der Waals surface area (Å²) in [5, 5.41) is 3.43. The molecule has 2 nitrogen and oxygen atoms in total. The molecule has 0 aromatic rings. The van der Waals surface area contributed by atoms with E-state index in [1.165, 1.54) is 25.0 Å². The smallest absolute Gasteiger partial charge is 0.0202 e. The summed E-state index contributed by atoms with van der Waals surface area (Å²) >= 11 is 0. The fourth-order valence-electron chi connectivity index (χ4n) is 1.94. The van der Waals surface area contributed by atoms with Gasteiger partial charge >= 0.3 is 0 Å². The molecular formula is C15H32N2. The van der Waals surface area contributed by atoms with Crippen LogP contribution in [0.2, 0.25) is 0 Å². The Hall–Kier alpha value is -0.340. The summed E-state index contributed by atoms with van der Waals surface area (Å²) in [6.45, 7) is 19.7. The highest BCUT2D eigenvalue weighted by atomic mass is 15.1. The second-order valence-electron chi connectivity index (χ2n) is 5.30. The first-order valence-electron chi connectivity index (χ1n) is 7.15. The maximum atomic E-state index is 4.17. The van der Waals surface area contributed by atoms with Crippen molar-refractivity contribution in [1.82, 2.24) is 10.2 Å². The molecule has 0 radical (unpaired) electrons. The lowest BCUT2D eigenvalue weighted by atomic mass is 10.0. The second kappa shape index (κ2) is 9.67. The molecule has 102 valence electrons. The molecule has 0 aromatic heterocycles. The zero-order valence-electron chi connectivity index (χ0n) is 12.6. The summed E-state index contributed by atoms with van der Waals surface area (Å²) in [4.78, 5) is 2.52. The van der Waals surface area contributed by atoms with Crippen molar-refractivity contribution >= 4 is 0 Å². The van der Waals surface area contributed by atoms with Crippen molar-refractivity contribution in [2.24, 2.45) is 5.92 Å². The van der Waals surface area contributed by atoms with E-state index in [9.17, 15) is 0 Å². The van der Waals surface area contributed by atoms with Gasteiger partial charge in [-0.2, -0.15) is 0 Å². The van der Waals surface area contributed by atoms with Gasteiger partial charge in [0.15, 0.2) is 0 Å². The van der Waals surface area contributed by atoms with Crippen LogP contribution in [0.25, 0.3) is 0 Å². The van der Waals surface area contributed by atoms with E-state index in [1.807, 2.05) is 0 Å². The first kappa shape index (κ1) is 16.7. The van der Waals surface area contributed by atoms with Crippen molar-refractivity contribution in [3.63, 3.8) is 0 Å². The van der Waals surface area contributed by atoms with Crippen LogP contribution in [0.1, 0.15) is 47.5 Å². The predicted molar refractivity (Wildman–Crippen MR) is 78.5 cm³/mol. The van der Waals surface area contributed by atoms with Gasteiger partial charge in [-0.25, -0.2) is 0 Å². The third-order valence-electron chi connectivity index (χ3n) is 3.33. The first-order chi connectivity index (χ1) is 8.03. The molecule has 0 rings (SSSR count). The summed E-state index contributed by atoms with van der Waals surface area (Å²) in [6.07, 6.45) is 2.56. The Kier molecular flexibility index (Phi) is 9.47. The number of likely N-dealkylation sites (N-methyl/N-ethyl adjacent to an activating group) is 1. The van der Waals surface area contributed by atoms with Crippen LogP contribution in [0.4, 0.5) is 0 Å². The number of nitrogens with one attached hydrogen (secondary N) is 1. The second-order valence-corrected chi connectivity index (χ2v) is 5.30. The zero-order valence-corrected chi connectivity index (χ0v) is 12.6. The fourth-order valence-corrected chi connectivity index (χ4v) is 1.94. The Bertz CT molecular complexity index is 195. The van der Waals surface area contributed by atoms with Gasteiger partial charge in [-0.05, 0) is 18.0 Å². The Morgan fingerprint density at radius 1 is 1.18 bits per heavy atom. The normalized spacial score (nSPS) is 11.8. The molecule has 0 fully saturated rings. The number of nitrogens with zero attached hydrogens (tertiary/aromatic N) is 1. The van der Waals surface area contributed by atoms with Gasteiger partial charge in [0.25, 0.3) is 0 Å². The zero-order chi connectivity index (χ0) is 13.3. The number of hydrogen-bond acceptors (Lipinski definition) is 2. The van der Waals surface area contributed by atoms with Gasteiger partial charge in [0.1, 0.15) is 0 Å². The molecule has 0 spiro atoms. The first-order valence-corrected chi connectivity index (χ1v) is 7.15. The van der Waals surface area contributed by atoms with Gasteiger partial charge in [-0.3, -0.25) is 4.90 Å². The third kappa shape index (κ3) is 8.39. The molecule has 2 heteroatoms. The van der Waals surface area contributed by atoms with Gasteiger partial charge in [-0.15, -0.1) is 0 Å².